The van der Waals surface area contributed by atoms with Gasteiger partial charge in [-0.2, -0.15) is 0 Å². The largest absolute Gasteiger partial charge is 0.386 e. The predicted molar refractivity (Wildman–Crippen MR) is 96.6 cm³/mol. The monoisotopic (exact) mass is 329 g/mol. The quantitative estimate of drug-likeness (QED) is 0.557. The van der Waals surface area contributed by atoms with Gasteiger partial charge >= 0.3 is 0 Å². The van der Waals surface area contributed by atoms with Crippen molar-refractivity contribution in [2.24, 2.45) is 10.7 Å². The lowest BCUT2D eigenvalue weighted by molar-refractivity contribution is 0.182. The fourth-order valence-electron chi connectivity index (χ4n) is 2.35. The summed E-state index contributed by atoms with van der Waals surface area (Å²) in [6.07, 6.45) is 0.0592. The number of halogens is 1. The molecule has 0 spiro atoms. The Balaban J connectivity index is 1.95. The molecule has 2 unspecified atom stereocenters. The zero-order valence-electron chi connectivity index (χ0n) is 14.0. The Morgan fingerprint density at radius 3 is 2.50 bits per heavy atom. The summed E-state index contributed by atoms with van der Waals surface area (Å²) in [7, 11) is 0. The van der Waals surface area contributed by atoms with Crippen LogP contribution in [0.4, 0.5) is 10.1 Å². The van der Waals surface area contributed by atoms with E-state index in [1.807, 2.05) is 12.1 Å². The molecule has 0 fully saturated rings. The van der Waals surface area contributed by atoms with Gasteiger partial charge in [0.25, 0.3) is 0 Å². The van der Waals surface area contributed by atoms with E-state index in [9.17, 15) is 9.50 Å². The first-order chi connectivity index (χ1) is 11.5. The van der Waals surface area contributed by atoms with Gasteiger partial charge in [-0.25, -0.2) is 4.39 Å². The fraction of sp³-hybridized carbons (Fsp3) is 0.316. The molecule has 0 amide bonds. The van der Waals surface area contributed by atoms with Gasteiger partial charge in [0.15, 0.2) is 5.96 Å². The molecule has 128 valence electrons. The molecule has 2 aromatic rings. The van der Waals surface area contributed by atoms with Crippen LogP contribution < -0.4 is 11.1 Å². The maximum atomic E-state index is 13.6. The third kappa shape index (κ3) is 4.80. The van der Waals surface area contributed by atoms with Crippen LogP contribution in [0.2, 0.25) is 0 Å². The molecule has 5 heteroatoms. The number of aliphatic hydroxyl groups is 1. The van der Waals surface area contributed by atoms with Crippen LogP contribution in [0.5, 0.6) is 0 Å². The first kappa shape index (κ1) is 17.9. The molecule has 2 aromatic carbocycles. The minimum Gasteiger partial charge on any atom is -0.386 e. The maximum absolute atomic E-state index is 13.6. The van der Waals surface area contributed by atoms with Crippen molar-refractivity contribution in [2.45, 2.75) is 32.3 Å². The summed E-state index contributed by atoms with van der Waals surface area (Å²) in [6.45, 7) is 4.33. The number of rotatable bonds is 6. The molecule has 4 nitrogen and oxygen atoms in total. The summed E-state index contributed by atoms with van der Waals surface area (Å²) in [4.78, 5) is 4.08. The van der Waals surface area contributed by atoms with E-state index < -0.39 is 11.9 Å². The third-order valence-corrected chi connectivity index (χ3v) is 4.06. The number of guanidine groups is 1. The summed E-state index contributed by atoms with van der Waals surface area (Å²) in [6, 6.07) is 14.1. The molecule has 0 bridgehead atoms. The van der Waals surface area contributed by atoms with Crippen LogP contribution in [0.15, 0.2) is 53.5 Å². The van der Waals surface area contributed by atoms with Crippen LogP contribution in [0, 0.1) is 5.82 Å². The predicted octanol–water partition coefficient (Wildman–Crippen LogP) is 3.80. The van der Waals surface area contributed by atoms with Gasteiger partial charge in [-0.1, -0.05) is 44.2 Å². The highest BCUT2D eigenvalue weighted by Crippen LogP contribution is 2.20. The van der Waals surface area contributed by atoms with E-state index in [0.717, 1.165) is 12.1 Å². The zero-order chi connectivity index (χ0) is 17.5. The highest BCUT2D eigenvalue weighted by molar-refractivity contribution is 5.92. The standard InChI is InChI=1S/C19H24FN3O/c1-3-13(2)14-8-10-15(11-9-14)23-19(21)22-12-18(24)16-6-4-5-7-17(16)20/h4-11,13,18,24H,3,12H2,1-2H3,(H3,21,22,23). The topological polar surface area (TPSA) is 70.6 Å². The molecule has 0 heterocycles. The molecule has 0 saturated carbocycles. The van der Waals surface area contributed by atoms with Crippen molar-refractivity contribution in [3.05, 3.63) is 65.5 Å². The molecular weight excluding hydrogens is 305 g/mol. The van der Waals surface area contributed by atoms with Gasteiger partial charge in [0.1, 0.15) is 11.9 Å². The van der Waals surface area contributed by atoms with E-state index in [0.29, 0.717) is 5.92 Å². The second-order valence-electron chi connectivity index (χ2n) is 5.82. The zero-order valence-corrected chi connectivity index (χ0v) is 14.0. The number of anilines is 1. The summed E-state index contributed by atoms with van der Waals surface area (Å²) in [5.74, 6) is 0.245. The summed E-state index contributed by atoms with van der Waals surface area (Å²) in [5.41, 5.74) is 8.14. The van der Waals surface area contributed by atoms with Crippen LogP contribution in [-0.2, 0) is 0 Å². The molecule has 2 atom stereocenters. The van der Waals surface area contributed by atoms with Crippen molar-refractivity contribution >= 4 is 11.6 Å². The van der Waals surface area contributed by atoms with Crippen LogP contribution in [-0.4, -0.2) is 17.6 Å². The molecule has 0 aliphatic heterocycles. The van der Waals surface area contributed by atoms with Gasteiger partial charge in [-0.05, 0) is 36.1 Å². The first-order valence-corrected chi connectivity index (χ1v) is 8.10. The van der Waals surface area contributed by atoms with Gasteiger partial charge in [0.05, 0.1) is 6.54 Å². The van der Waals surface area contributed by atoms with E-state index in [1.165, 1.54) is 17.7 Å². The molecular formula is C19H24FN3O. The van der Waals surface area contributed by atoms with E-state index in [4.69, 9.17) is 5.73 Å². The molecule has 2 rings (SSSR count). The number of nitrogens with zero attached hydrogens (tertiary/aromatic N) is 1. The minimum atomic E-state index is -1.03. The van der Waals surface area contributed by atoms with Crippen molar-refractivity contribution in [1.82, 2.24) is 0 Å². The first-order valence-electron chi connectivity index (χ1n) is 8.10. The molecule has 0 aromatic heterocycles. The van der Waals surface area contributed by atoms with Crippen LogP contribution in [0.3, 0.4) is 0 Å². The maximum Gasteiger partial charge on any atom is 0.193 e. The number of nitrogens with one attached hydrogen (secondary N) is 1. The average molecular weight is 329 g/mol. The minimum absolute atomic E-state index is 0.00921. The number of aliphatic imine (C=N–C) groups is 1. The fourth-order valence-corrected chi connectivity index (χ4v) is 2.35. The van der Waals surface area contributed by atoms with Gasteiger partial charge in [0, 0.05) is 11.3 Å². The van der Waals surface area contributed by atoms with Gasteiger partial charge in [-0.3, -0.25) is 4.99 Å². The molecule has 0 aliphatic carbocycles. The van der Waals surface area contributed by atoms with Gasteiger partial charge < -0.3 is 16.2 Å². The Bertz CT molecular complexity index is 685. The molecule has 0 aliphatic rings. The van der Waals surface area contributed by atoms with E-state index >= 15 is 0 Å². The average Bonchev–Trinajstić information content (AvgIpc) is 2.60. The number of nitrogens with two attached hydrogens (primary N) is 1. The highest BCUT2D eigenvalue weighted by Gasteiger charge is 2.11. The normalized spacial score (nSPS) is 14.2. The Kier molecular flexibility index (Phi) is 6.32. The van der Waals surface area contributed by atoms with Crippen molar-refractivity contribution < 1.29 is 9.50 Å². The summed E-state index contributed by atoms with van der Waals surface area (Å²) >= 11 is 0. The smallest absolute Gasteiger partial charge is 0.193 e. The second kappa shape index (κ2) is 8.45. The van der Waals surface area contributed by atoms with Crippen molar-refractivity contribution in [3.63, 3.8) is 0 Å². The van der Waals surface area contributed by atoms with Crippen molar-refractivity contribution in [3.8, 4) is 0 Å². The Hall–Kier alpha value is -2.40. The summed E-state index contributed by atoms with van der Waals surface area (Å²) < 4.78 is 13.6. The lowest BCUT2D eigenvalue weighted by Crippen LogP contribution is -2.23. The highest BCUT2D eigenvalue weighted by atomic mass is 19.1. The summed E-state index contributed by atoms with van der Waals surface area (Å²) in [5, 5.41) is 13.0. The number of hydrogen-bond donors (Lipinski definition) is 3. The lowest BCUT2D eigenvalue weighted by Gasteiger charge is -2.12. The molecule has 24 heavy (non-hydrogen) atoms. The van der Waals surface area contributed by atoms with Gasteiger partial charge in [-0.15, -0.1) is 0 Å². The van der Waals surface area contributed by atoms with Crippen LogP contribution >= 0.6 is 0 Å². The van der Waals surface area contributed by atoms with Crippen LogP contribution in [0.25, 0.3) is 0 Å². The second-order valence-corrected chi connectivity index (χ2v) is 5.82. The molecule has 0 radical (unpaired) electrons. The molecule has 0 saturated heterocycles. The van der Waals surface area contributed by atoms with Crippen LogP contribution in [0.1, 0.15) is 43.4 Å². The number of hydrogen-bond acceptors (Lipinski definition) is 2. The molecule has 4 N–H and O–H groups in total. The lowest BCUT2D eigenvalue weighted by atomic mass is 9.99. The van der Waals surface area contributed by atoms with Crippen molar-refractivity contribution in [1.29, 1.82) is 0 Å². The van der Waals surface area contributed by atoms with E-state index in [-0.39, 0.29) is 18.1 Å². The third-order valence-electron chi connectivity index (χ3n) is 4.06. The SMILES string of the molecule is CCC(C)c1ccc(NC(N)=NCC(O)c2ccccc2F)cc1. The number of aliphatic hydroxyl groups excluding tert-OH is 1. The number of benzene rings is 2. The van der Waals surface area contributed by atoms with E-state index in [2.05, 4.69) is 36.3 Å². The Labute approximate surface area is 142 Å². The van der Waals surface area contributed by atoms with Gasteiger partial charge in [0.2, 0.25) is 0 Å². The Morgan fingerprint density at radius 2 is 1.88 bits per heavy atom. The van der Waals surface area contributed by atoms with Crippen molar-refractivity contribution in [2.75, 3.05) is 11.9 Å². The van der Waals surface area contributed by atoms with E-state index in [1.54, 1.807) is 12.1 Å². The Morgan fingerprint density at radius 1 is 1.21 bits per heavy atom.